The second-order valence-electron chi connectivity index (χ2n) is 5.93. The van der Waals surface area contributed by atoms with Crippen LogP contribution in [0.15, 0.2) is 60.8 Å². The molecule has 1 N–H and O–H groups in total. The van der Waals surface area contributed by atoms with Gasteiger partial charge in [0.2, 0.25) is 11.7 Å². The van der Waals surface area contributed by atoms with Gasteiger partial charge in [-0.2, -0.15) is 5.26 Å². The lowest BCUT2D eigenvalue weighted by Gasteiger charge is -2.09. The number of nitriles is 1. The third kappa shape index (κ3) is 4.40. The predicted molar refractivity (Wildman–Crippen MR) is 101 cm³/mol. The van der Waals surface area contributed by atoms with Gasteiger partial charge in [0.1, 0.15) is 5.75 Å². The molecule has 28 heavy (non-hydrogen) atoms. The summed E-state index contributed by atoms with van der Waals surface area (Å²) in [5, 5.41) is 19.6. The van der Waals surface area contributed by atoms with Gasteiger partial charge in [0.05, 0.1) is 25.9 Å². The Morgan fingerprint density at radius 1 is 1.21 bits per heavy atom. The van der Waals surface area contributed by atoms with Crippen molar-refractivity contribution in [2.45, 2.75) is 6.54 Å². The van der Waals surface area contributed by atoms with Crippen LogP contribution in [0.25, 0.3) is 0 Å². The Morgan fingerprint density at radius 2 is 2.00 bits per heavy atom. The summed E-state index contributed by atoms with van der Waals surface area (Å²) in [6.45, 7) is 0.425. The number of rotatable bonds is 7. The minimum absolute atomic E-state index is 0.0386. The first-order valence-electron chi connectivity index (χ1n) is 8.43. The molecule has 140 valence electrons. The number of benzene rings is 2. The van der Waals surface area contributed by atoms with Crippen LogP contribution in [0.2, 0.25) is 0 Å². The standard InChI is InChI=1S/C20H17N5O3/c1-28-16-9-5-8-15(10-16)22-20(27)17(11-21)19(26)18-13-25(24-23-18)12-14-6-3-2-4-7-14/h2-10,13,17H,12H2,1H3,(H,22,27). The molecule has 1 atom stereocenters. The Morgan fingerprint density at radius 3 is 2.71 bits per heavy atom. The molecule has 1 unspecified atom stereocenters. The van der Waals surface area contributed by atoms with Gasteiger partial charge in [0, 0.05) is 11.8 Å². The minimum Gasteiger partial charge on any atom is -0.497 e. The summed E-state index contributed by atoms with van der Waals surface area (Å²) in [5.74, 6) is -2.44. The lowest BCUT2D eigenvalue weighted by atomic mass is 10.0. The van der Waals surface area contributed by atoms with Crippen molar-refractivity contribution in [3.8, 4) is 11.8 Å². The number of amides is 1. The highest BCUT2D eigenvalue weighted by atomic mass is 16.5. The minimum atomic E-state index is -1.53. The first kappa shape index (κ1) is 18.8. The zero-order valence-electron chi connectivity index (χ0n) is 15.1. The quantitative estimate of drug-likeness (QED) is 0.501. The maximum Gasteiger partial charge on any atom is 0.249 e. The van der Waals surface area contributed by atoms with Crippen molar-refractivity contribution in [2.24, 2.45) is 5.92 Å². The first-order chi connectivity index (χ1) is 13.6. The fourth-order valence-corrected chi connectivity index (χ4v) is 2.56. The molecule has 1 amide bonds. The number of carbonyl (C=O) groups excluding carboxylic acids is 2. The number of hydrogen-bond acceptors (Lipinski definition) is 6. The molecule has 1 aromatic heterocycles. The monoisotopic (exact) mass is 375 g/mol. The number of nitrogens with one attached hydrogen (secondary N) is 1. The van der Waals surface area contributed by atoms with Gasteiger partial charge in [0.25, 0.3) is 0 Å². The van der Waals surface area contributed by atoms with E-state index in [1.165, 1.54) is 18.0 Å². The lowest BCUT2D eigenvalue weighted by Crippen LogP contribution is -2.29. The van der Waals surface area contributed by atoms with Crippen LogP contribution in [-0.2, 0) is 11.3 Å². The summed E-state index contributed by atoms with van der Waals surface area (Å²) in [6.07, 6.45) is 1.43. The third-order valence-corrected chi connectivity index (χ3v) is 3.97. The Bertz CT molecular complexity index is 1020. The summed E-state index contributed by atoms with van der Waals surface area (Å²) in [7, 11) is 1.50. The highest BCUT2D eigenvalue weighted by Crippen LogP contribution is 2.18. The predicted octanol–water partition coefficient (Wildman–Crippen LogP) is 2.30. The van der Waals surface area contributed by atoms with Crippen molar-refractivity contribution in [1.29, 1.82) is 5.26 Å². The number of aromatic nitrogens is 3. The van der Waals surface area contributed by atoms with Crippen LogP contribution in [0.3, 0.4) is 0 Å². The number of ketones is 1. The van der Waals surface area contributed by atoms with E-state index in [1.54, 1.807) is 30.3 Å². The fourth-order valence-electron chi connectivity index (χ4n) is 2.56. The van der Waals surface area contributed by atoms with Crippen molar-refractivity contribution >= 4 is 17.4 Å². The zero-order valence-corrected chi connectivity index (χ0v) is 15.1. The molecule has 0 saturated carbocycles. The van der Waals surface area contributed by atoms with E-state index in [2.05, 4.69) is 15.6 Å². The molecule has 3 aromatic rings. The Hall–Kier alpha value is -3.99. The van der Waals surface area contributed by atoms with Crippen LogP contribution < -0.4 is 10.1 Å². The summed E-state index contributed by atoms with van der Waals surface area (Å²) in [5.41, 5.74) is 1.37. The SMILES string of the molecule is COc1cccc(NC(=O)C(C#N)C(=O)c2cn(Cc3ccccc3)nn2)c1. The molecule has 0 saturated heterocycles. The molecule has 0 spiro atoms. The number of nitrogens with zero attached hydrogens (tertiary/aromatic N) is 4. The van der Waals surface area contributed by atoms with E-state index >= 15 is 0 Å². The molecule has 0 aliphatic rings. The molecule has 8 heteroatoms. The fraction of sp³-hybridized carbons (Fsp3) is 0.150. The molecule has 0 bridgehead atoms. The zero-order chi connectivity index (χ0) is 19.9. The van der Waals surface area contributed by atoms with Gasteiger partial charge in [-0.3, -0.25) is 9.59 Å². The molecule has 0 fully saturated rings. The highest BCUT2D eigenvalue weighted by molar-refractivity contribution is 6.14. The molecule has 0 radical (unpaired) electrons. The van der Waals surface area contributed by atoms with Gasteiger partial charge < -0.3 is 10.1 Å². The summed E-state index contributed by atoms with van der Waals surface area (Å²) in [4.78, 5) is 25.0. The van der Waals surface area contributed by atoms with Crippen LogP contribution >= 0.6 is 0 Å². The molecule has 0 aliphatic heterocycles. The summed E-state index contributed by atoms with van der Waals surface area (Å²) >= 11 is 0. The number of Topliss-reactive ketones (excluding diaryl/α,β-unsaturated/α-hetero) is 1. The van der Waals surface area contributed by atoms with Crippen molar-refractivity contribution in [1.82, 2.24) is 15.0 Å². The molecular weight excluding hydrogens is 358 g/mol. The average molecular weight is 375 g/mol. The van der Waals surface area contributed by atoms with Gasteiger partial charge in [-0.25, -0.2) is 4.68 Å². The van der Waals surface area contributed by atoms with E-state index in [0.29, 0.717) is 18.0 Å². The maximum atomic E-state index is 12.6. The van der Waals surface area contributed by atoms with Crippen molar-refractivity contribution in [3.63, 3.8) is 0 Å². The summed E-state index contributed by atoms with van der Waals surface area (Å²) < 4.78 is 6.57. The molecular formula is C20H17N5O3. The van der Waals surface area contributed by atoms with E-state index in [4.69, 9.17) is 4.74 Å². The van der Waals surface area contributed by atoms with Crippen LogP contribution in [0, 0.1) is 17.2 Å². The first-order valence-corrected chi connectivity index (χ1v) is 8.43. The average Bonchev–Trinajstić information content (AvgIpc) is 3.18. The molecule has 1 heterocycles. The lowest BCUT2D eigenvalue weighted by molar-refractivity contribution is -0.117. The maximum absolute atomic E-state index is 12.6. The Labute approximate surface area is 161 Å². The van der Waals surface area contributed by atoms with Crippen molar-refractivity contribution in [3.05, 3.63) is 72.1 Å². The van der Waals surface area contributed by atoms with Gasteiger partial charge in [-0.1, -0.05) is 41.6 Å². The van der Waals surface area contributed by atoms with Crippen molar-refractivity contribution in [2.75, 3.05) is 12.4 Å². The number of carbonyl (C=O) groups is 2. The molecule has 0 aliphatic carbocycles. The molecule has 3 rings (SSSR count). The highest BCUT2D eigenvalue weighted by Gasteiger charge is 2.30. The second-order valence-corrected chi connectivity index (χ2v) is 5.93. The Kier molecular flexibility index (Phi) is 5.77. The van der Waals surface area contributed by atoms with Crippen LogP contribution in [-0.4, -0.2) is 33.8 Å². The Balaban J connectivity index is 1.71. The summed E-state index contributed by atoms with van der Waals surface area (Å²) in [6, 6.07) is 17.9. The normalized spacial score (nSPS) is 11.3. The van der Waals surface area contributed by atoms with E-state index in [9.17, 15) is 14.9 Å². The van der Waals surface area contributed by atoms with E-state index in [0.717, 1.165) is 5.56 Å². The molecule has 8 nitrogen and oxygen atoms in total. The number of methoxy groups -OCH3 is 1. The van der Waals surface area contributed by atoms with E-state index in [-0.39, 0.29) is 5.69 Å². The largest absolute Gasteiger partial charge is 0.497 e. The van der Waals surface area contributed by atoms with E-state index < -0.39 is 17.6 Å². The van der Waals surface area contributed by atoms with Crippen LogP contribution in [0.5, 0.6) is 5.75 Å². The van der Waals surface area contributed by atoms with Gasteiger partial charge in [-0.05, 0) is 17.7 Å². The number of anilines is 1. The van der Waals surface area contributed by atoms with Gasteiger partial charge >= 0.3 is 0 Å². The topological polar surface area (TPSA) is 110 Å². The third-order valence-electron chi connectivity index (χ3n) is 3.97. The van der Waals surface area contributed by atoms with Crippen molar-refractivity contribution < 1.29 is 14.3 Å². The number of hydrogen-bond donors (Lipinski definition) is 1. The smallest absolute Gasteiger partial charge is 0.249 e. The van der Waals surface area contributed by atoms with Gasteiger partial charge in [0.15, 0.2) is 11.6 Å². The molecule has 2 aromatic carbocycles. The van der Waals surface area contributed by atoms with Gasteiger partial charge in [-0.15, -0.1) is 5.10 Å². The van der Waals surface area contributed by atoms with E-state index in [1.807, 2.05) is 30.3 Å². The second kappa shape index (κ2) is 8.60. The van der Waals surface area contributed by atoms with Crippen LogP contribution in [0.4, 0.5) is 5.69 Å². The number of ether oxygens (including phenoxy) is 1. The van der Waals surface area contributed by atoms with Crippen LogP contribution in [0.1, 0.15) is 16.1 Å².